The Morgan fingerprint density at radius 1 is 1.16 bits per heavy atom. The lowest BCUT2D eigenvalue weighted by Gasteiger charge is -2.13. The standard InChI is InChI=1S/C24H22ClN3O3S/c1-13-5-6-16(14(2)7-13)17-11-32-23-22(17)24(30)28(12-26-23)10-21(29)27-19-8-15(3)18(25)9-20(19)31-4/h5-9,11-12H,10H2,1-4H3,(H,27,29). The topological polar surface area (TPSA) is 73.2 Å². The van der Waals surface area contributed by atoms with Crippen molar-refractivity contribution in [2.75, 3.05) is 12.4 Å². The van der Waals surface area contributed by atoms with Crippen molar-refractivity contribution in [2.45, 2.75) is 27.3 Å². The van der Waals surface area contributed by atoms with Crippen LogP contribution in [0.5, 0.6) is 5.75 Å². The van der Waals surface area contributed by atoms with Crippen molar-refractivity contribution in [2.24, 2.45) is 0 Å². The van der Waals surface area contributed by atoms with Gasteiger partial charge in [-0.25, -0.2) is 4.98 Å². The molecule has 6 nitrogen and oxygen atoms in total. The molecule has 8 heteroatoms. The van der Waals surface area contributed by atoms with E-state index in [1.165, 1.54) is 29.3 Å². The number of methoxy groups -OCH3 is 1. The van der Waals surface area contributed by atoms with Crippen LogP contribution in [0.2, 0.25) is 5.02 Å². The zero-order valence-electron chi connectivity index (χ0n) is 18.2. The molecular formula is C24H22ClN3O3S. The first kappa shape index (κ1) is 22.0. The quantitative estimate of drug-likeness (QED) is 0.429. The molecule has 0 spiro atoms. The summed E-state index contributed by atoms with van der Waals surface area (Å²) in [6, 6.07) is 9.51. The summed E-state index contributed by atoms with van der Waals surface area (Å²) in [5.41, 5.74) is 5.12. The van der Waals surface area contributed by atoms with Crippen LogP contribution in [0.3, 0.4) is 0 Å². The molecule has 2 aromatic heterocycles. The third-order valence-electron chi connectivity index (χ3n) is 5.30. The van der Waals surface area contributed by atoms with Gasteiger partial charge in [0.1, 0.15) is 17.1 Å². The monoisotopic (exact) mass is 467 g/mol. The van der Waals surface area contributed by atoms with E-state index in [4.69, 9.17) is 16.3 Å². The van der Waals surface area contributed by atoms with Crippen molar-refractivity contribution in [3.8, 4) is 16.9 Å². The van der Waals surface area contributed by atoms with Crippen molar-refractivity contribution in [3.63, 3.8) is 0 Å². The first-order valence-corrected chi connectivity index (χ1v) is 11.2. The zero-order chi connectivity index (χ0) is 23.0. The highest BCUT2D eigenvalue weighted by Gasteiger charge is 2.17. The van der Waals surface area contributed by atoms with Gasteiger partial charge < -0.3 is 10.1 Å². The van der Waals surface area contributed by atoms with E-state index in [1.54, 1.807) is 12.1 Å². The summed E-state index contributed by atoms with van der Waals surface area (Å²) in [6.45, 7) is 5.72. The number of thiophene rings is 1. The molecule has 164 valence electrons. The van der Waals surface area contributed by atoms with Crippen LogP contribution in [0.25, 0.3) is 21.3 Å². The van der Waals surface area contributed by atoms with Crippen LogP contribution in [0.1, 0.15) is 16.7 Å². The summed E-state index contributed by atoms with van der Waals surface area (Å²) in [5, 5.41) is 5.82. The lowest BCUT2D eigenvalue weighted by Crippen LogP contribution is -2.28. The number of nitrogens with zero attached hydrogens (tertiary/aromatic N) is 2. The summed E-state index contributed by atoms with van der Waals surface area (Å²) in [5.74, 6) is 0.0846. The summed E-state index contributed by atoms with van der Waals surface area (Å²) >= 11 is 7.56. The van der Waals surface area contributed by atoms with Gasteiger partial charge in [0.2, 0.25) is 5.91 Å². The molecule has 0 fully saturated rings. The zero-order valence-corrected chi connectivity index (χ0v) is 19.7. The molecule has 0 aliphatic rings. The van der Waals surface area contributed by atoms with E-state index in [0.717, 1.165) is 27.8 Å². The minimum absolute atomic E-state index is 0.172. The number of rotatable bonds is 5. The number of ether oxygens (including phenoxy) is 1. The van der Waals surface area contributed by atoms with Gasteiger partial charge in [-0.05, 0) is 43.5 Å². The van der Waals surface area contributed by atoms with Crippen LogP contribution < -0.4 is 15.6 Å². The molecule has 0 aliphatic carbocycles. The molecule has 0 aliphatic heterocycles. The average molecular weight is 468 g/mol. The summed E-state index contributed by atoms with van der Waals surface area (Å²) in [6.07, 6.45) is 1.41. The number of amides is 1. The van der Waals surface area contributed by atoms with Gasteiger partial charge in [-0.2, -0.15) is 0 Å². The molecule has 0 saturated carbocycles. The molecule has 2 heterocycles. The highest BCUT2D eigenvalue weighted by molar-refractivity contribution is 7.17. The molecular weight excluding hydrogens is 446 g/mol. The maximum atomic E-state index is 13.3. The fraction of sp³-hybridized carbons (Fsp3) is 0.208. The van der Waals surface area contributed by atoms with E-state index >= 15 is 0 Å². The van der Waals surface area contributed by atoms with Crippen molar-refractivity contribution in [1.82, 2.24) is 9.55 Å². The molecule has 4 aromatic rings. The van der Waals surface area contributed by atoms with Gasteiger partial charge in [-0.15, -0.1) is 11.3 Å². The Hall–Kier alpha value is -3.16. The lowest BCUT2D eigenvalue weighted by atomic mass is 9.99. The fourth-order valence-electron chi connectivity index (χ4n) is 3.67. The maximum absolute atomic E-state index is 13.3. The Bertz CT molecular complexity index is 1410. The van der Waals surface area contributed by atoms with Gasteiger partial charge >= 0.3 is 0 Å². The molecule has 0 unspecified atom stereocenters. The van der Waals surface area contributed by atoms with Crippen LogP contribution >= 0.6 is 22.9 Å². The molecule has 1 N–H and O–H groups in total. The number of hydrogen-bond acceptors (Lipinski definition) is 5. The van der Waals surface area contributed by atoms with E-state index in [1.807, 2.05) is 38.3 Å². The van der Waals surface area contributed by atoms with Crippen LogP contribution in [-0.4, -0.2) is 22.6 Å². The van der Waals surface area contributed by atoms with Gasteiger partial charge in [0.05, 0.1) is 24.5 Å². The number of carbonyl (C=O) groups excluding carboxylic acids is 1. The van der Waals surface area contributed by atoms with Crippen LogP contribution in [0.15, 0.2) is 46.8 Å². The van der Waals surface area contributed by atoms with Crippen molar-refractivity contribution >= 4 is 44.7 Å². The Morgan fingerprint density at radius 3 is 2.66 bits per heavy atom. The predicted octanol–water partition coefficient (Wildman–Crippen LogP) is 5.35. The number of carbonyl (C=O) groups is 1. The van der Waals surface area contributed by atoms with E-state index in [0.29, 0.717) is 26.7 Å². The SMILES string of the molecule is COc1cc(Cl)c(C)cc1NC(=O)Cn1cnc2scc(-c3ccc(C)cc3C)c2c1=O. The highest BCUT2D eigenvalue weighted by atomic mass is 35.5. The fourth-order valence-corrected chi connectivity index (χ4v) is 4.72. The van der Waals surface area contributed by atoms with Gasteiger partial charge in [0.25, 0.3) is 5.56 Å². The van der Waals surface area contributed by atoms with Crippen molar-refractivity contribution in [3.05, 3.63) is 74.1 Å². The maximum Gasteiger partial charge on any atom is 0.263 e. The predicted molar refractivity (Wildman–Crippen MR) is 130 cm³/mol. The van der Waals surface area contributed by atoms with Gasteiger partial charge in [0.15, 0.2) is 0 Å². The number of aryl methyl sites for hydroxylation is 3. The van der Waals surface area contributed by atoms with Crippen LogP contribution in [0, 0.1) is 20.8 Å². The lowest BCUT2D eigenvalue weighted by molar-refractivity contribution is -0.116. The van der Waals surface area contributed by atoms with E-state index in [9.17, 15) is 9.59 Å². The second-order valence-corrected chi connectivity index (χ2v) is 8.94. The average Bonchev–Trinajstić information content (AvgIpc) is 3.17. The Morgan fingerprint density at radius 2 is 1.94 bits per heavy atom. The van der Waals surface area contributed by atoms with Gasteiger partial charge in [0, 0.05) is 22.0 Å². The second-order valence-electron chi connectivity index (χ2n) is 7.68. The number of aromatic nitrogens is 2. The largest absolute Gasteiger partial charge is 0.495 e. The molecule has 0 atom stereocenters. The van der Waals surface area contributed by atoms with Gasteiger partial charge in [-0.1, -0.05) is 35.4 Å². The summed E-state index contributed by atoms with van der Waals surface area (Å²) in [7, 11) is 1.50. The summed E-state index contributed by atoms with van der Waals surface area (Å²) in [4.78, 5) is 31.1. The van der Waals surface area contributed by atoms with Crippen molar-refractivity contribution in [1.29, 1.82) is 0 Å². The van der Waals surface area contributed by atoms with E-state index < -0.39 is 0 Å². The smallest absolute Gasteiger partial charge is 0.263 e. The van der Waals surface area contributed by atoms with Crippen LogP contribution in [-0.2, 0) is 11.3 Å². The second kappa shape index (κ2) is 8.76. The molecule has 0 radical (unpaired) electrons. The first-order chi connectivity index (χ1) is 15.3. The van der Waals surface area contributed by atoms with Gasteiger partial charge in [-0.3, -0.25) is 14.2 Å². The number of hydrogen-bond donors (Lipinski definition) is 1. The minimum atomic E-state index is -0.364. The summed E-state index contributed by atoms with van der Waals surface area (Å²) < 4.78 is 6.63. The minimum Gasteiger partial charge on any atom is -0.495 e. The Kier molecular flexibility index (Phi) is 6.04. The highest BCUT2D eigenvalue weighted by Crippen LogP contribution is 2.33. The number of nitrogens with one attached hydrogen (secondary N) is 1. The Labute approximate surface area is 194 Å². The third kappa shape index (κ3) is 4.13. The van der Waals surface area contributed by atoms with Crippen molar-refractivity contribution < 1.29 is 9.53 Å². The first-order valence-electron chi connectivity index (χ1n) is 9.96. The molecule has 2 aromatic carbocycles. The molecule has 1 amide bonds. The number of halogens is 1. The number of anilines is 1. The van der Waals surface area contributed by atoms with E-state index in [2.05, 4.69) is 16.4 Å². The number of benzene rings is 2. The number of fused-ring (bicyclic) bond motifs is 1. The van der Waals surface area contributed by atoms with Crippen LogP contribution in [0.4, 0.5) is 5.69 Å². The molecule has 32 heavy (non-hydrogen) atoms. The molecule has 4 rings (SSSR count). The Balaban J connectivity index is 1.67. The third-order valence-corrected chi connectivity index (χ3v) is 6.60. The normalized spacial score (nSPS) is 11.0. The molecule has 0 saturated heterocycles. The van der Waals surface area contributed by atoms with E-state index in [-0.39, 0.29) is 18.0 Å². The molecule has 0 bridgehead atoms.